The average Bonchev–Trinajstić information content (AvgIpc) is 3.09. The molecule has 1 aromatic carbocycles. The van der Waals surface area contributed by atoms with Crippen molar-refractivity contribution >= 4 is 17.5 Å². The summed E-state index contributed by atoms with van der Waals surface area (Å²) in [6.07, 6.45) is 5.64. The van der Waals surface area contributed by atoms with Crippen LogP contribution in [-0.4, -0.2) is 34.0 Å². The van der Waals surface area contributed by atoms with Crippen molar-refractivity contribution in [2.45, 2.75) is 51.5 Å². The molecule has 0 N–H and O–H groups in total. The third-order valence-corrected chi connectivity index (χ3v) is 5.33. The third-order valence-electron chi connectivity index (χ3n) is 5.08. The van der Waals surface area contributed by atoms with Crippen molar-refractivity contribution in [1.29, 1.82) is 0 Å². The Morgan fingerprint density at radius 3 is 2.72 bits per heavy atom. The number of nitrogens with zero attached hydrogens (tertiary/aromatic N) is 3. The van der Waals surface area contributed by atoms with E-state index >= 15 is 0 Å². The van der Waals surface area contributed by atoms with Gasteiger partial charge < -0.3 is 9.42 Å². The number of halogens is 1. The van der Waals surface area contributed by atoms with Gasteiger partial charge in [0.1, 0.15) is 0 Å². The molecule has 3 rings (SSSR count). The molecule has 5 nitrogen and oxygen atoms in total. The Labute approximate surface area is 153 Å². The highest BCUT2D eigenvalue weighted by Crippen LogP contribution is 2.28. The molecule has 134 valence electrons. The predicted octanol–water partition coefficient (Wildman–Crippen LogP) is 4.36. The van der Waals surface area contributed by atoms with Gasteiger partial charge >= 0.3 is 0 Å². The SMILES string of the molecule is CC1CCCCC1N(C)C(=O)CCc1nc(-c2ccc(Cl)cc2)no1. The first-order valence-electron chi connectivity index (χ1n) is 8.89. The fourth-order valence-corrected chi connectivity index (χ4v) is 3.65. The fourth-order valence-electron chi connectivity index (χ4n) is 3.52. The number of rotatable bonds is 5. The van der Waals surface area contributed by atoms with Crippen molar-refractivity contribution < 1.29 is 9.32 Å². The molecular formula is C19H24ClN3O2. The summed E-state index contributed by atoms with van der Waals surface area (Å²) in [5.74, 6) is 1.73. The molecule has 0 bridgehead atoms. The van der Waals surface area contributed by atoms with E-state index in [-0.39, 0.29) is 5.91 Å². The molecule has 1 fully saturated rings. The lowest BCUT2D eigenvalue weighted by atomic mass is 9.85. The summed E-state index contributed by atoms with van der Waals surface area (Å²) >= 11 is 5.89. The molecular weight excluding hydrogens is 338 g/mol. The van der Waals surface area contributed by atoms with Gasteiger partial charge in [-0.15, -0.1) is 0 Å². The van der Waals surface area contributed by atoms with E-state index < -0.39 is 0 Å². The van der Waals surface area contributed by atoms with E-state index in [0.29, 0.717) is 41.5 Å². The largest absolute Gasteiger partial charge is 0.342 e. The first kappa shape index (κ1) is 17.9. The molecule has 1 aromatic heterocycles. The molecule has 0 aliphatic heterocycles. The third kappa shape index (κ3) is 4.40. The maximum absolute atomic E-state index is 12.5. The Balaban J connectivity index is 1.56. The van der Waals surface area contributed by atoms with Gasteiger partial charge in [0, 0.05) is 36.5 Å². The molecule has 0 saturated heterocycles. The highest BCUT2D eigenvalue weighted by molar-refractivity contribution is 6.30. The zero-order valence-electron chi connectivity index (χ0n) is 14.7. The minimum atomic E-state index is 0.144. The molecule has 1 heterocycles. The Kier molecular flexibility index (Phi) is 5.74. The Morgan fingerprint density at radius 2 is 2.00 bits per heavy atom. The highest BCUT2D eigenvalue weighted by atomic mass is 35.5. The molecule has 2 unspecified atom stereocenters. The van der Waals surface area contributed by atoms with Gasteiger partial charge in [-0.2, -0.15) is 4.98 Å². The van der Waals surface area contributed by atoms with Crippen LogP contribution in [0.3, 0.4) is 0 Å². The number of carbonyl (C=O) groups is 1. The minimum Gasteiger partial charge on any atom is -0.342 e. The van der Waals surface area contributed by atoms with Crippen LogP contribution in [0.4, 0.5) is 0 Å². The standard InChI is InChI=1S/C19H24ClN3O2/c1-13-5-3-4-6-16(13)23(2)18(24)12-11-17-21-19(22-25-17)14-7-9-15(20)10-8-14/h7-10,13,16H,3-6,11-12H2,1-2H3. The van der Waals surface area contributed by atoms with Crippen LogP contribution in [0.1, 0.15) is 44.9 Å². The molecule has 0 spiro atoms. The van der Waals surface area contributed by atoms with Crippen LogP contribution in [0.2, 0.25) is 5.02 Å². The maximum atomic E-state index is 12.5. The van der Waals surface area contributed by atoms with Crippen molar-refractivity contribution in [3.63, 3.8) is 0 Å². The normalized spacial score (nSPS) is 20.4. The summed E-state index contributed by atoms with van der Waals surface area (Å²) in [7, 11) is 1.92. The van der Waals surface area contributed by atoms with Gasteiger partial charge in [0.05, 0.1) is 0 Å². The average molecular weight is 362 g/mol. The van der Waals surface area contributed by atoms with Crippen molar-refractivity contribution in [3.8, 4) is 11.4 Å². The highest BCUT2D eigenvalue weighted by Gasteiger charge is 2.27. The second kappa shape index (κ2) is 8.00. The maximum Gasteiger partial charge on any atom is 0.227 e. The predicted molar refractivity (Wildman–Crippen MR) is 97.3 cm³/mol. The van der Waals surface area contributed by atoms with Crippen LogP contribution in [0.25, 0.3) is 11.4 Å². The molecule has 25 heavy (non-hydrogen) atoms. The zero-order valence-corrected chi connectivity index (χ0v) is 15.5. The number of amides is 1. The monoisotopic (exact) mass is 361 g/mol. The van der Waals surface area contributed by atoms with Gasteiger partial charge in [-0.25, -0.2) is 0 Å². The molecule has 6 heteroatoms. The van der Waals surface area contributed by atoms with E-state index in [2.05, 4.69) is 17.1 Å². The van der Waals surface area contributed by atoms with Crippen molar-refractivity contribution in [2.75, 3.05) is 7.05 Å². The quantitative estimate of drug-likeness (QED) is 0.793. The molecule has 1 saturated carbocycles. The number of hydrogen-bond donors (Lipinski definition) is 0. The molecule has 1 amide bonds. The van der Waals surface area contributed by atoms with Crippen LogP contribution < -0.4 is 0 Å². The van der Waals surface area contributed by atoms with Gasteiger partial charge in [-0.1, -0.05) is 36.5 Å². The van der Waals surface area contributed by atoms with Crippen LogP contribution in [0.5, 0.6) is 0 Å². The molecule has 1 aliphatic rings. The van der Waals surface area contributed by atoms with E-state index in [1.54, 1.807) is 12.1 Å². The smallest absolute Gasteiger partial charge is 0.227 e. The first-order chi connectivity index (χ1) is 12.0. The van der Waals surface area contributed by atoms with Crippen LogP contribution in [0, 0.1) is 5.92 Å². The van der Waals surface area contributed by atoms with E-state index in [1.807, 2.05) is 24.1 Å². The number of carbonyl (C=O) groups excluding carboxylic acids is 1. The van der Waals surface area contributed by atoms with Gasteiger partial charge in [0.15, 0.2) is 0 Å². The van der Waals surface area contributed by atoms with Crippen LogP contribution in [0.15, 0.2) is 28.8 Å². The summed E-state index contributed by atoms with van der Waals surface area (Å²) in [5.41, 5.74) is 0.846. The summed E-state index contributed by atoms with van der Waals surface area (Å²) < 4.78 is 5.28. The lowest BCUT2D eigenvalue weighted by Crippen LogP contribution is -2.42. The van der Waals surface area contributed by atoms with Crippen molar-refractivity contribution in [1.82, 2.24) is 15.0 Å². The first-order valence-corrected chi connectivity index (χ1v) is 9.26. The van der Waals surface area contributed by atoms with E-state index in [1.165, 1.54) is 19.3 Å². The Hall–Kier alpha value is -1.88. The zero-order chi connectivity index (χ0) is 17.8. The van der Waals surface area contributed by atoms with Gasteiger partial charge in [0.25, 0.3) is 0 Å². The molecule has 2 atom stereocenters. The van der Waals surface area contributed by atoms with Gasteiger partial charge in [-0.3, -0.25) is 4.79 Å². The van der Waals surface area contributed by atoms with Crippen molar-refractivity contribution in [3.05, 3.63) is 35.2 Å². The van der Waals surface area contributed by atoms with E-state index in [0.717, 1.165) is 12.0 Å². The Bertz CT molecular complexity index is 714. The molecule has 2 aromatic rings. The number of benzene rings is 1. The van der Waals surface area contributed by atoms with E-state index in [9.17, 15) is 4.79 Å². The fraction of sp³-hybridized carbons (Fsp3) is 0.526. The van der Waals surface area contributed by atoms with Gasteiger partial charge in [0.2, 0.25) is 17.6 Å². The number of aromatic nitrogens is 2. The number of aryl methyl sites for hydroxylation is 1. The molecule has 0 radical (unpaired) electrons. The Morgan fingerprint density at radius 1 is 1.28 bits per heavy atom. The topological polar surface area (TPSA) is 59.2 Å². The van der Waals surface area contributed by atoms with Crippen LogP contribution in [-0.2, 0) is 11.2 Å². The summed E-state index contributed by atoms with van der Waals surface area (Å²) in [6.45, 7) is 2.24. The van der Waals surface area contributed by atoms with Gasteiger partial charge in [-0.05, 0) is 43.0 Å². The second-order valence-electron chi connectivity index (χ2n) is 6.85. The lowest BCUT2D eigenvalue weighted by Gasteiger charge is -2.36. The molecule has 1 aliphatic carbocycles. The summed E-state index contributed by atoms with van der Waals surface area (Å²) in [4.78, 5) is 18.8. The summed E-state index contributed by atoms with van der Waals surface area (Å²) in [6, 6.07) is 7.63. The number of hydrogen-bond acceptors (Lipinski definition) is 4. The van der Waals surface area contributed by atoms with Crippen LogP contribution >= 0.6 is 11.6 Å². The van der Waals surface area contributed by atoms with Crippen molar-refractivity contribution in [2.24, 2.45) is 5.92 Å². The second-order valence-corrected chi connectivity index (χ2v) is 7.29. The minimum absolute atomic E-state index is 0.144. The van der Waals surface area contributed by atoms with E-state index in [4.69, 9.17) is 16.1 Å². The summed E-state index contributed by atoms with van der Waals surface area (Å²) in [5, 5.41) is 4.65. The lowest BCUT2D eigenvalue weighted by molar-refractivity contribution is -0.133.